The highest BCUT2D eigenvalue weighted by atomic mass is 16.5. The van der Waals surface area contributed by atoms with Crippen LogP contribution >= 0.6 is 0 Å². The first kappa shape index (κ1) is 14.7. The number of rotatable bonds is 4. The van der Waals surface area contributed by atoms with Gasteiger partial charge in [0.05, 0.1) is 13.3 Å². The SMILES string of the molecule is COc1ccc2cc(/C=N\NC(=O)c3ccccn3)ccc2c1. The van der Waals surface area contributed by atoms with Crippen LogP contribution in [-0.2, 0) is 0 Å². The van der Waals surface area contributed by atoms with E-state index in [0.717, 1.165) is 22.1 Å². The van der Waals surface area contributed by atoms with Gasteiger partial charge in [0.25, 0.3) is 5.91 Å². The van der Waals surface area contributed by atoms with Gasteiger partial charge in [-0.3, -0.25) is 9.78 Å². The van der Waals surface area contributed by atoms with E-state index in [1.165, 1.54) is 0 Å². The number of carbonyl (C=O) groups is 1. The third kappa shape index (κ3) is 3.52. The highest BCUT2D eigenvalue weighted by Crippen LogP contribution is 2.21. The van der Waals surface area contributed by atoms with Gasteiger partial charge in [0.1, 0.15) is 11.4 Å². The van der Waals surface area contributed by atoms with Crippen LogP contribution in [0.3, 0.4) is 0 Å². The molecule has 5 nitrogen and oxygen atoms in total. The van der Waals surface area contributed by atoms with Crippen LogP contribution in [0.1, 0.15) is 16.1 Å². The molecule has 0 unspecified atom stereocenters. The molecule has 2 aromatic carbocycles. The zero-order valence-corrected chi connectivity index (χ0v) is 12.6. The second kappa shape index (κ2) is 6.70. The highest BCUT2D eigenvalue weighted by Gasteiger charge is 2.03. The number of hydrogen-bond acceptors (Lipinski definition) is 4. The Kier molecular flexibility index (Phi) is 4.29. The molecule has 23 heavy (non-hydrogen) atoms. The highest BCUT2D eigenvalue weighted by molar-refractivity contribution is 5.94. The van der Waals surface area contributed by atoms with Crippen LogP contribution in [0.25, 0.3) is 10.8 Å². The summed E-state index contributed by atoms with van der Waals surface area (Å²) in [6.07, 6.45) is 3.17. The maximum Gasteiger partial charge on any atom is 0.289 e. The van der Waals surface area contributed by atoms with Gasteiger partial charge < -0.3 is 4.74 Å². The Hall–Kier alpha value is -3.21. The monoisotopic (exact) mass is 305 g/mol. The summed E-state index contributed by atoms with van der Waals surface area (Å²) in [4.78, 5) is 15.8. The van der Waals surface area contributed by atoms with E-state index in [9.17, 15) is 4.79 Å². The van der Waals surface area contributed by atoms with Crippen molar-refractivity contribution in [3.8, 4) is 5.75 Å². The number of hydrogen-bond donors (Lipinski definition) is 1. The zero-order valence-electron chi connectivity index (χ0n) is 12.6. The quantitative estimate of drug-likeness (QED) is 0.595. The summed E-state index contributed by atoms with van der Waals surface area (Å²) in [6.45, 7) is 0. The normalized spacial score (nSPS) is 10.8. The van der Waals surface area contributed by atoms with Crippen molar-refractivity contribution in [1.29, 1.82) is 0 Å². The molecule has 0 aliphatic carbocycles. The van der Waals surface area contributed by atoms with E-state index in [2.05, 4.69) is 15.5 Å². The Balaban J connectivity index is 1.72. The molecule has 3 aromatic rings. The lowest BCUT2D eigenvalue weighted by atomic mass is 10.1. The summed E-state index contributed by atoms with van der Waals surface area (Å²) >= 11 is 0. The van der Waals surface area contributed by atoms with Crippen LogP contribution in [0.5, 0.6) is 5.75 Å². The number of methoxy groups -OCH3 is 1. The van der Waals surface area contributed by atoms with E-state index < -0.39 is 0 Å². The molecule has 0 saturated heterocycles. The van der Waals surface area contributed by atoms with Crippen LogP contribution in [-0.4, -0.2) is 24.2 Å². The number of benzene rings is 2. The molecule has 1 heterocycles. The molecule has 3 rings (SSSR count). The first-order valence-electron chi connectivity index (χ1n) is 7.08. The standard InChI is InChI=1S/C18H15N3O2/c1-23-16-8-7-14-10-13(5-6-15(14)11-16)12-20-21-18(22)17-4-2-3-9-19-17/h2-12H,1H3,(H,21,22)/b20-12-. The molecule has 114 valence electrons. The predicted octanol–water partition coefficient (Wildman–Crippen LogP) is 3.01. The number of pyridine rings is 1. The molecule has 0 aliphatic heterocycles. The van der Waals surface area contributed by atoms with Crippen LogP contribution in [0, 0.1) is 0 Å². The third-order valence-electron chi connectivity index (χ3n) is 3.35. The summed E-state index contributed by atoms with van der Waals surface area (Å²) in [6, 6.07) is 16.9. The average molecular weight is 305 g/mol. The second-order valence-corrected chi connectivity index (χ2v) is 4.89. The van der Waals surface area contributed by atoms with Crippen molar-refractivity contribution in [2.24, 2.45) is 5.10 Å². The Bertz CT molecular complexity index is 861. The van der Waals surface area contributed by atoms with Gasteiger partial charge in [0, 0.05) is 6.20 Å². The fourth-order valence-corrected chi connectivity index (χ4v) is 2.17. The Labute approximate surface area is 133 Å². The number of nitrogens with zero attached hydrogens (tertiary/aromatic N) is 2. The number of ether oxygens (including phenoxy) is 1. The summed E-state index contributed by atoms with van der Waals surface area (Å²) < 4.78 is 5.21. The number of nitrogens with one attached hydrogen (secondary N) is 1. The fraction of sp³-hybridized carbons (Fsp3) is 0.0556. The van der Waals surface area contributed by atoms with E-state index in [0.29, 0.717) is 5.69 Å². The molecule has 1 N–H and O–H groups in total. The molecule has 0 aliphatic rings. The molecule has 1 aromatic heterocycles. The van der Waals surface area contributed by atoms with Crippen LogP contribution in [0.15, 0.2) is 65.9 Å². The average Bonchev–Trinajstić information content (AvgIpc) is 2.62. The fourth-order valence-electron chi connectivity index (χ4n) is 2.17. The Morgan fingerprint density at radius 3 is 2.74 bits per heavy atom. The van der Waals surface area contributed by atoms with Gasteiger partial charge in [-0.25, -0.2) is 5.43 Å². The van der Waals surface area contributed by atoms with Crippen molar-refractivity contribution in [2.75, 3.05) is 7.11 Å². The van der Waals surface area contributed by atoms with Gasteiger partial charge in [-0.2, -0.15) is 5.10 Å². The smallest absolute Gasteiger partial charge is 0.289 e. The maximum absolute atomic E-state index is 11.8. The lowest BCUT2D eigenvalue weighted by molar-refractivity contribution is 0.0950. The molecule has 0 fully saturated rings. The Morgan fingerprint density at radius 1 is 1.13 bits per heavy atom. The first-order valence-corrected chi connectivity index (χ1v) is 7.08. The van der Waals surface area contributed by atoms with Gasteiger partial charge in [-0.1, -0.05) is 24.3 Å². The number of aromatic nitrogens is 1. The van der Waals surface area contributed by atoms with E-state index >= 15 is 0 Å². The predicted molar refractivity (Wildman–Crippen MR) is 89.8 cm³/mol. The maximum atomic E-state index is 11.8. The number of amides is 1. The van der Waals surface area contributed by atoms with Crippen LogP contribution < -0.4 is 10.2 Å². The second-order valence-electron chi connectivity index (χ2n) is 4.89. The molecular formula is C18H15N3O2. The molecule has 5 heteroatoms. The van der Waals surface area contributed by atoms with Crippen LogP contribution in [0.4, 0.5) is 0 Å². The minimum Gasteiger partial charge on any atom is -0.497 e. The summed E-state index contributed by atoms with van der Waals surface area (Å²) in [5, 5.41) is 6.13. The Morgan fingerprint density at radius 2 is 1.96 bits per heavy atom. The number of carbonyl (C=O) groups excluding carboxylic acids is 1. The van der Waals surface area contributed by atoms with Gasteiger partial charge in [-0.05, 0) is 46.7 Å². The summed E-state index contributed by atoms with van der Waals surface area (Å²) in [5.41, 5.74) is 3.68. The van der Waals surface area contributed by atoms with E-state index in [1.807, 2.05) is 36.4 Å². The lowest BCUT2D eigenvalue weighted by Gasteiger charge is -2.03. The minimum atomic E-state index is -0.340. The number of fused-ring (bicyclic) bond motifs is 1. The van der Waals surface area contributed by atoms with Crippen LogP contribution in [0.2, 0.25) is 0 Å². The molecule has 1 amide bonds. The van der Waals surface area contributed by atoms with Crippen molar-refractivity contribution in [2.45, 2.75) is 0 Å². The number of hydrazone groups is 1. The largest absolute Gasteiger partial charge is 0.497 e. The third-order valence-corrected chi connectivity index (χ3v) is 3.35. The topological polar surface area (TPSA) is 63.6 Å². The van der Waals surface area contributed by atoms with Crippen molar-refractivity contribution >= 4 is 22.9 Å². The molecule has 0 bridgehead atoms. The zero-order chi connectivity index (χ0) is 16.1. The minimum absolute atomic E-state index is 0.329. The molecule has 0 saturated carbocycles. The van der Waals surface area contributed by atoms with Crippen molar-refractivity contribution in [3.63, 3.8) is 0 Å². The van der Waals surface area contributed by atoms with Gasteiger partial charge in [0.15, 0.2) is 0 Å². The molecular weight excluding hydrogens is 290 g/mol. The van der Waals surface area contributed by atoms with Crippen molar-refractivity contribution in [1.82, 2.24) is 10.4 Å². The molecule has 0 atom stereocenters. The van der Waals surface area contributed by atoms with E-state index in [1.54, 1.807) is 37.7 Å². The van der Waals surface area contributed by atoms with E-state index in [-0.39, 0.29) is 5.91 Å². The molecule has 0 spiro atoms. The van der Waals surface area contributed by atoms with Gasteiger partial charge in [0.2, 0.25) is 0 Å². The molecule has 0 radical (unpaired) electrons. The van der Waals surface area contributed by atoms with Gasteiger partial charge in [-0.15, -0.1) is 0 Å². The van der Waals surface area contributed by atoms with E-state index in [4.69, 9.17) is 4.74 Å². The van der Waals surface area contributed by atoms with Crippen molar-refractivity contribution in [3.05, 3.63) is 72.1 Å². The van der Waals surface area contributed by atoms with Gasteiger partial charge >= 0.3 is 0 Å². The first-order chi connectivity index (χ1) is 11.3. The summed E-state index contributed by atoms with van der Waals surface area (Å²) in [5.74, 6) is 0.480. The summed E-state index contributed by atoms with van der Waals surface area (Å²) in [7, 11) is 1.65. The lowest BCUT2D eigenvalue weighted by Crippen LogP contribution is -2.18. The van der Waals surface area contributed by atoms with Crippen molar-refractivity contribution < 1.29 is 9.53 Å².